The molecule has 1 fully saturated rings. The molecule has 4 rings (SSSR count). The third-order valence-corrected chi connectivity index (χ3v) is 4.44. The highest BCUT2D eigenvalue weighted by Crippen LogP contribution is 2.40. The van der Waals surface area contributed by atoms with Gasteiger partial charge in [0.15, 0.2) is 0 Å². The summed E-state index contributed by atoms with van der Waals surface area (Å²) in [6.45, 7) is 3.66. The molecule has 0 saturated carbocycles. The van der Waals surface area contributed by atoms with Gasteiger partial charge in [-0.25, -0.2) is 0 Å². The summed E-state index contributed by atoms with van der Waals surface area (Å²) in [5, 5.41) is 1.27. The van der Waals surface area contributed by atoms with Crippen LogP contribution in [0.5, 0.6) is 0 Å². The molecule has 0 bridgehead atoms. The van der Waals surface area contributed by atoms with Crippen molar-refractivity contribution >= 4 is 16.8 Å². The number of nitrogens with zero attached hydrogens (tertiary/aromatic N) is 1. The van der Waals surface area contributed by atoms with Crippen LogP contribution in [0.2, 0.25) is 0 Å². The van der Waals surface area contributed by atoms with E-state index < -0.39 is 0 Å². The second-order valence-electron chi connectivity index (χ2n) is 5.59. The van der Waals surface area contributed by atoms with Crippen molar-refractivity contribution in [1.82, 2.24) is 9.88 Å². The number of carbonyl (C=O) groups is 1. The Balaban J connectivity index is 1.96. The molecule has 2 aromatic rings. The Labute approximate surface area is 111 Å². The van der Waals surface area contributed by atoms with Crippen molar-refractivity contribution in [2.45, 2.75) is 18.9 Å². The minimum atomic E-state index is -0.345. The highest BCUT2D eigenvalue weighted by atomic mass is 16.5. The fourth-order valence-electron chi connectivity index (χ4n) is 3.49. The molecule has 4 nitrogen and oxygen atoms in total. The van der Waals surface area contributed by atoms with Crippen molar-refractivity contribution < 1.29 is 9.53 Å². The molecular weight excluding hydrogens is 240 g/mol. The fourth-order valence-corrected chi connectivity index (χ4v) is 3.49. The molecule has 0 radical (unpaired) electrons. The molecule has 1 amide bonds. The quantitative estimate of drug-likeness (QED) is 0.781. The number of para-hydroxylation sites is 1. The smallest absolute Gasteiger partial charge is 0.249 e. The zero-order chi connectivity index (χ0) is 13.0. The third kappa shape index (κ3) is 1.35. The van der Waals surface area contributed by atoms with Crippen molar-refractivity contribution in [2.75, 3.05) is 19.8 Å². The number of ether oxygens (including phenoxy) is 1. The first-order valence-electron chi connectivity index (χ1n) is 6.68. The van der Waals surface area contributed by atoms with Gasteiger partial charge in [0.25, 0.3) is 0 Å². The number of fused-ring (bicyclic) bond motifs is 5. The summed E-state index contributed by atoms with van der Waals surface area (Å²) < 4.78 is 5.50. The van der Waals surface area contributed by atoms with E-state index in [1.54, 1.807) is 0 Å². The van der Waals surface area contributed by atoms with Gasteiger partial charge in [-0.2, -0.15) is 0 Å². The molecule has 1 aromatic heterocycles. The zero-order valence-electron chi connectivity index (χ0n) is 10.9. The maximum Gasteiger partial charge on any atom is 0.249 e. The number of hydrogen-bond donors (Lipinski definition) is 1. The number of aromatic nitrogens is 1. The maximum absolute atomic E-state index is 12.0. The number of aromatic amines is 1. The lowest BCUT2D eigenvalue weighted by molar-refractivity contribution is -0.159. The molecule has 1 unspecified atom stereocenters. The van der Waals surface area contributed by atoms with Gasteiger partial charge < -0.3 is 14.6 Å². The Morgan fingerprint density at radius 2 is 2.21 bits per heavy atom. The minimum absolute atomic E-state index is 0.0954. The minimum Gasteiger partial charge on any atom is -0.369 e. The molecule has 1 atom stereocenters. The highest BCUT2D eigenvalue weighted by molar-refractivity contribution is 5.87. The van der Waals surface area contributed by atoms with Crippen molar-refractivity contribution in [3.8, 4) is 0 Å². The summed E-state index contributed by atoms with van der Waals surface area (Å²) in [7, 11) is 0. The molecule has 0 spiro atoms. The van der Waals surface area contributed by atoms with E-state index in [2.05, 4.69) is 30.1 Å². The van der Waals surface area contributed by atoms with Gasteiger partial charge in [0.05, 0.1) is 6.61 Å². The number of amides is 1. The van der Waals surface area contributed by atoms with Gasteiger partial charge in [0, 0.05) is 23.1 Å². The Hall–Kier alpha value is -1.81. The van der Waals surface area contributed by atoms with Gasteiger partial charge in [-0.1, -0.05) is 18.2 Å². The van der Waals surface area contributed by atoms with Crippen LogP contribution in [-0.2, 0) is 21.5 Å². The zero-order valence-corrected chi connectivity index (χ0v) is 10.9. The fraction of sp³-hybridized carbons (Fsp3) is 0.400. The number of nitrogens with one attached hydrogen (secondary N) is 1. The van der Waals surface area contributed by atoms with Crippen LogP contribution in [0.4, 0.5) is 0 Å². The average Bonchev–Trinajstić information content (AvgIpc) is 2.79. The van der Waals surface area contributed by atoms with Gasteiger partial charge in [-0.3, -0.25) is 4.79 Å². The highest BCUT2D eigenvalue weighted by Gasteiger charge is 2.45. The predicted octanol–water partition coefficient (Wildman–Crippen LogP) is 1.80. The van der Waals surface area contributed by atoms with Gasteiger partial charge in [0.2, 0.25) is 5.91 Å². The summed E-state index contributed by atoms with van der Waals surface area (Å²) >= 11 is 0. The molecule has 98 valence electrons. The number of hydrogen-bond acceptors (Lipinski definition) is 2. The van der Waals surface area contributed by atoms with E-state index in [4.69, 9.17) is 4.74 Å². The van der Waals surface area contributed by atoms with Crippen LogP contribution in [0.1, 0.15) is 18.2 Å². The van der Waals surface area contributed by atoms with Crippen LogP contribution in [0.3, 0.4) is 0 Å². The molecule has 2 aliphatic rings. The van der Waals surface area contributed by atoms with E-state index in [0.717, 1.165) is 24.2 Å². The van der Waals surface area contributed by atoms with Crippen molar-refractivity contribution in [2.24, 2.45) is 0 Å². The lowest BCUT2D eigenvalue weighted by Crippen LogP contribution is -2.58. The van der Waals surface area contributed by atoms with E-state index in [9.17, 15) is 4.79 Å². The first-order chi connectivity index (χ1) is 9.20. The van der Waals surface area contributed by atoms with E-state index in [0.29, 0.717) is 6.61 Å². The summed E-state index contributed by atoms with van der Waals surface area (Å²) in [5.41, 5.74) is 3.29. The molecule has 1 saturated heterocycles. The van der Waals surface area contributed by atoms with Gasteiger partial charge in [-0.15, -0.1) is 0 Å². The van der Waals surface area contributed by atoms with Crippen LogP contribution in [0.25, 0.3) is 10.9 Å². The molecular formula is C15H16N2O2. The SMILES string of the molecule is CC12COCC(=O)N1CCc1c2[nH]c2ccccc12. The molecule has 19 heavy (non-hydrogen) atoms. The summed E-state index contributed by atoms with van der Waals surface area (Å²) in [5.74, 6) is 0.0954. The summed E-state index contributed by atoms with van der Waals surface area (Å²) in [6, 6.07) is 8.34. The summed E-state index contributed by atoms with van der Waals surface area (Å²) in [6.07, 6.45) is 0.917. The number of H-pyrrole nitrogens is 1. The molecule has 0 aliphatic carbocycles. The van der Waals surface area contributed by atoms with E-state index in [-0.39, 0.29) is 18.1 Å². The normalized spacial score (nSPS) is 26.4. The Kier molecular flexibility index (Phi) is 2.10. The van der Waals surface area contributed by atoms with Crippen molar-refractivity contribution in [3.05, 3.63) is 35.5 Å². The van der Waals surface area contributed by atoms with Crippen LogP contribution >= 0.6 is 0 Å². The van der Waals surface area contributed by atoms with Crippen LogP contribution in [0, 0.1) is 0 Å². The van der Waals surface area contributed by atoms with Crippen LogP contribution in [0.15, 0.2) is 24.3 Å². The molecule has 3 heterocycles. The second-order valence-corrected chi connectivity index (χ2v) is 5.59. The predicted molar refractivity (Wildman–Crippen MR) is 71.9 cm³/mol. The first-order valence-corrected chi connectivity index (χ1v) is 6.68. The third-order valence-electron chi connectivity index (χ3n) is 4.44. The Morgan fingerprint density at radius 3 is 3.11 bits per heavy atom. The monoisotopic (exact) mass is 256 g/mol. The Morgan fingerprint density at radius 1 is 1.37 bits per heavy atom. The van der Waals surface area contributed by atoms with Crippen LogP contribution in [-0.4, -0.2) is 35.5 Å². The first kappa shape index (κ1) is 11.1. The van der Waals surface area contributed by atoms with Crippen molar-refractivity contribution in [3.63, 3.8) is 0 Å². The number of carbonyl (C=O) groups excluding carboxylic acids is 1. The number of rotatable bonds is 0. The van der Waals surface area contributed by atoms with Gasteiger partial charge >= 0.3 is 0 Å². The Bertz CT molecular complexity index is 676. The van der Waals surface area contributed by atoms with Crippen molar-refractivity contribution in [1.29, 1.82) is 0 Å². The molecule has 1 N–H and O–H groups in total. The summed E-state index contributed by atoms with van der Waals surface area (Å²) in [4.78, 5) is 17.5. The maximum atomic E-state index is 12.0. The topological polar surface area (TPSA) is 45.3 Å². The number of benzene rings is 1. The van der Waals surface area contributed by atoms with Gasteiger partial charge in [-0.05, 0) is 25.0 Å². The lowest BCUT2D eigenvalue weighted by Gasteiger charge is -2.47. The average molecular weight is 256 g/mol. The van der Waals surface area contributed by atoms with Gasteiger partial charge in [0.1, 0.15) is 12.1 Å². The van der Waals surface area contributed by atoms with E-state index in [1.165, 1.54) is 10.9 Å². The second kappa shape index (κ2) is 3.61. The molecule has 2 aliphatic heterocycles. The van der Waals surface area contributed by atoms with E-state index in [1.807, 2.05) is 11.0 Å². The molecule has 1 aromatic carbocycles. The van der Waals surface area contributed by atoms with E-state index >= 15 is 0 Å². The lowest BCUT2D eigenvalue weighted by atomic mass is 9.86. The largest absolute Gasteiger partial charge is 0.369 e. The standard InChI is InChI=1S/C15H16N2O2/c1-15-9-19-8-13(18)17(15)7-6-11-10-4-2-3-5-12(10)16-14(11)15/h2-5,16H,6-9H2,1H3. The van der Waals surface area contributed by atoms with Crippen LogP contribution < -0.4 is 0 Å². The number of morpholine rings is 1. The molecule has 4 heteroatoms.